The maximum absolute atomic E-state index is 12.3. The zero-order valence-corrected chi connectivity index (χ0v) is 13.1. The predicted molar refractivity (Wildman–Crippen MR) is 90.5 cm³/mol. The van der Waals surface area contributed by atoms with Crippen LogP contribution < -0.4 is 10.9 Å². The SMILES string of the molecule is O=C(NC[C@@H](c1ccccc1)C1CCCC1)c1cccc(=O)[nH]1. The van der Waals surface area contributed by atoms with Gasteiger partial charge in [0.15, 0.2) is 0 Å². The molecule has 2 N–H and O–H groups in total. The molecule has 0 spiro atoms. The number of pyridine rings is 1. The van der Waals surface area contributed by atoms with Crippen molar-refractivity contribution in [2.75, 3.05) is 6.54 Å². The van der Waals surface area contributed by atoms with E-state index in [-0.39, 0.29) is 11.5 Å². The third-order valence-electron chi connectivity index (χ3n) is 4.69. The van der Waals surface area contributed by atoms with Crippen LogP contribution in [0.25, 0.3) is 0 Å². The van der Waals surface area contributed by atoms with E-state index in [1.54, 1.807) is 12.1 Å². The fraction of sp³-hybridized carbons (Fsp3) is 0.368. The molecule has 0 bridgehead atoms. The van der Waals surface area contributed by atoms with Crippen LogP contribution in [0.1, 0.15) is 47.7 Å². The van der Waals surface area contributed by atoms with Crippen LogP contribution in [0.3, 0.4) is 0 Å². The van der Waals surface area contributed by atoms with Gasteiger partial charge in [0.25, 0.3) is 5.91 Å². The molecule has 1 atom stereocenters. The Balaban J connectivity index is 1.71. The van der Waals surface area contributed by atoms with E-state index in [2.05, 4.69) is 22.4 Å². The summed E-state index contributed by atoms with van der Waals surface area (Å²) in [6.45, 7) is 0.602. The molecule has 1 saturated carbocycles. The summed E-state index contributed by atoms with van der Waals surface area (Å²) < 4.78 is 0. The Morgan fingerprint density at radius 1 is 1.09 bits per heavy atom. The lowest BCUT2D eigenvalue weighted by Gasteiger charge is -2.24. The van der Waals surface area contributed by atoms with E-state index >= 15 is 0 Å². The Bertz CT molecular complexity index is 703. The molecule has 1 amide bonds. The highest BCUT2D eigenvalue weighted by molar-refractivity contribution is 5.92. The number of amides is 1. The highest BCUT2D eigenvalue weighted by Gasteiger charge is 2.26. The van der Waals surface area contributed by atoms with E-state index in [9.17, 15) is 9.59 Å². The second-order valence-electron chi connectivity index (χ2n) is 6.20. The molecule has 0 aliphatic heterocycles. The summed E-state index contributed by atoms with van der Waals surface area (Å²) in [4.78, 5) is 26.2. The minimum atomic E-state index is -0.256. The Kier molecular flexibility index (Phi) is 4.91. The lowest BCUT2D eigenvalue weighted by Crippen LogP contribution is -2.32. The van der Waals surface area contributed by atoms with Gasteiger partial charge in [-0.15, -0.1) is 0 Å². The molecule has 4 heteroatoms. The molecule has 1 aliphatic rings. The smallest absolute Gasteiger partial charge is 0.267 e. The van der Waals surface area contributed by atoms with Crippen LogP contribution in [0.5, 0.6) is 0 Å². The Morgan fingerprint density at radius 2 is 1.83 bits per heavy atom. The Morgan fingerprint density at radius 3 is 2.52 bits per heavy atom. The Labute approximate surface area is 135 Å². The number of hydrogen-bond acceptors (Lipinski definition) is 2. The van der Waals surface area contributed by atoms with Crippen molar-refractivity contribution >= 4 is 5.91 Å². The Hall–Kier alpha value is -2.36. The largest absolute Gasteiger partial charge is 0.350 e. The quantitative estimate of drug-likeness (QED) is 0.891. The van der Waals surface area contributed by atoms with Crippen molar-refractivity contribution < 1.29 is 4.79 Å². The standard InChI is InChI=1S/C19H22N2O2/c22-18-12-6-11-17(21-18)19(23)20-13-16(15-9-4-5-10-15)14-7-2-1-3-8-14/h1-3,6-8,11-12,15-16H,4-5,9-10,13H2,(H,20,23)(H,21,22)/t16-/m0/s1. The molecule has 1 aromatic heterocycles. The number of aromatic amines is 1. The normalized spacial score (nSPS) is 16.2. The van der Waals surface area contributed by atoms with E-state index in [0.717, 1.165) is 0 Å². The first-order valence-electron chi connectivity index (χ1n) is 8.26. The molecule has 0 radical (unpaired) electrons. The molecule has 1 fully saturated rings. The molecular formula is C19H22N2O2. The zero-order chi connectivity index (χ0) is 16.1. The van der Waals surface area contributed by atoms with Gasteiger partial charge in [0.1, 0.15) is 5.69 Å². The zero-order valence-electron chi connectivity index (χ0n) is 13.1. The number of rotatable bonds is 5. The van der Waals surface area contributed by atoms with Gasteiger partial charge in [-0.25, -0.2) is 0 Å². The van der Waals surface area contributed by atoms with Crippen molar-refractivity contribution in [2.45, 2.75) is 31.6 Å². The van der Waals surface area contributed by atoms with E-state index in [4.69, 9.17) is 0 Å². The number of aromatic nitrogens is 1. The third-order valence-corrected chi connectivity index (χ3v) is 4.69. The maximum Gasteiger partial charge on any atom is 0.267 e. The topological polar surface area (TPSA) is 62.0 Å². The molecular weight excluding hydrogens is 288 g/mol. The van der Waals surface area contributed by atoms with Crippen molar-refractivity contribution in [3.63, 3.8) is 0 Å². The van der Waals surface area contributed by atoms with Crippen LogP contribution >= 0.6 is 0 Å². The summed E-state index contributed by atoms with van der Waals surface area (Å²) in [5.41, 5.74) is 1.34. The van der Waals surface area contributed by atoms with Gasteiger partial charge in [-0.1, -0.05) is 49.2 Å². The van der Waals surface area contributed by atoms with E-state index in [0.29, 0.717) is 24.1 Å². The number of carbonyl (C=O) groups is 1. The van der Waals surface area contributed by atoms with Crippen molar-refractivity contribution in [3.05, 3.63) is 70.1 Å². The fourth-order valence-corrected chi connectivity index (χ4v) is 3.49. The van der Waals surface area contributed by atoms with Crippen LogP contribution in [0.15, 0.2) is 53.3 Å². The summed E-state index contributed by atoms with van der Waals surface area (Å²) in [6.07, 6.45) is 4.98. The first-order valence-corrected chi connectivity index (χ1v) is 8.26. The third kappa shape index (κ3) is 3.89. The monoisotopic (exact) mass is 310 g/mol. The van der Waals surface area contributed by atoms with Gasteiger partial charge in [-0.3, -0.25) is 9.59 Å². The molecule has 3 rings (SSSR count). The molecule has 0 unspecified atom stereocenters. The van der Waals surface area contributed by atoms with Crippen LogP contribution in [0.2, 0.25) is 0 Å². The van der Waals surface area contributed by atoms with E-state index in [1.807, 2.05) is 18.2 Å². The minimum absolute atomic E-state index is 0.221. The fourth-order valence-electron chi connectivity index (χ4n) is 3.49. The molecule has 4 nitrogen and oxygen atoms in total. The summed E-state index contributed by atoms with van der Waals surface area (Å²) in [6, 6.07) is 15.0. The van der Waals surface area contributed by atoms with Crippen LogP contribution in [0, 0.1) is 5.92 Å². The van der Waals surface area contributed by atoms with Crippen LogP contribution in [-0.4, -0.2) is 17.4 Å². The molecule has 120 valence electrons. The summed E-state index contributed by atoms with van der Waals surface area (Å²) >= 11 is 0. The summed E-state index contributed by atoms with van der Waals surface area (Å²) in [5, 5.41) is 2.99. The molecule has 2 aromatic rings. The lowest BCUT2D eigenvalue weighted by atomic mass is 9.85. The molecule has 1 heterocycles. The van der Waals surface area contributed by atoms with Crippen molar-refractivity contribution in [2.24, 2.45) is 5.92 Å². The predicted octanol–water partition coefficient (Wildman–Crippen LogP) is 3.08. The summed E-state index contributed by atoms with van der Waals surface area (Å²) in [5.74, 6) is 0.729. The summed E-state index contributed by atoms with van der Waals surface area (Å²) in [7, 11) is 0. The number of nitrogens with one attached hydrogen (secondary N) is 2. The molecule has 1 aromatic carbocycles. The number of benzene rings is 1. The van der Waals surface area contributed by atoms with Gasteiger partial charge in [0.05, 0.1) is 0 Å². The van der Waals surface area contributed by atoms with Gasteiger partial charge in [-0.05, 0) is 30.4 Å². The maximum atomic E-state index is 12.3. The van der Waals surface area contributed by atoms with Gasteiger partial charge in [0.2, 0.25) is 5.56 Å². The highest BCUT2D eigenvalue weighted by atomic mass is 16.2. The van der Waals surface area contributed by atoms with Gasteiger partial charge in [-0.2, -0.15) is 0 Å². The molecule has 1 aliphatic carbocycles. The van der Waals surface area contributed by atoms with Crippen molar-refractivity contribution in [1.29, 1.82) is 0 Å². The lowest BCUT2D eigenvalue weighted by molar-refractivity contribution is 0.0943. The first-order chi connectivity index (χ1) is 11.2. The number of H-pyrrole nitrogens is 1. The molecule has 0 saturated heterocycles. The van der Waals surface area contributed by atoms with Crippen LogP contribution in [-0.2, 0) is 0 Å². The average molecular weight is 310 g/mol. The van der Waals surface area contributed by atoms with E-state index < -0.39 is 0 Å². The van der Waals surface area contributed by atoms with Gasteiger partial charge < -0.3 is 10.3 Å². The second kappa shape index (κ2) is 7.27. The number of hydrogen-bond donors (Lipinski definition) is 2. The van der Waals surface area contributed by atoms with Crippen LogP contribution in [0.4, 0.5) is 0 Å². The highest BCUT2D eigenvalue weighted by Crippen LogP contribution is 2.36. The van der Waals surface area contributed by atoms with Crippen molar-refractivity contribution in [3.8, 4) is 0 Å². The number of carbonyl (C=O) groups excluding carboxylic acids is 1. The van der Waals surface area contributed by atoms with E-state index in [1.165, 1.54) is 37.3 Å². The second-order valence-corrected chi connectivity index (χ2v) is 6.20. The van der Waals surface area contributed by atoms with Crippen molar-refractivity contribution in [1.82, 2.24) is 10.3 Å². The average Bonchev–Trinajstić information content (AvgIpc) is 3.10. The molecule has 23 heavy (non-hydrogen) atoms. The van der Waals surface area contributed by atoms with Gasteiger partial charge >= 0.3 is 0 Å². The van der Waals surface area contributed by atoms with Gasteiger partial charge in [0, 0.05) is 18.5 Å². The minimum Gasteiger partial charge on any atom is -0.350 e. The first kappa shape index (κ1) is 15.5.